The standard InChI is InChI=1S/C14H16N3O3/c1-14(2,3)19-13(18)17-11(12-15-9-16-20-12)10-7-5-4-6-8-10/h4-8,11H,1-3H3,(H,17,18). The van der Waals surface area contributed by atoms with E-state index < -0.39 is 17.7 Å². The number of benzene rings is 1. The lowest BCUT2D eigenvalue weighted by atomic mass is 10.1. The van der Waals surface area contributed by atoms with E-state index in [0.717, 1.165) is 5.56 Å². The summed E-state index contributed by atoms with van der Waals surface area (Å²) in [5.41, 5.74) is 0.239. The SMILES string of the molecule is CC(C)(C)OC(=O)NC(c1ccccc1)c1n[c]no1. The van der Waals surface area contributed by atoms with Gasteiger partial charge in [-0.3, -0.25) is 0 Å². The highest BCUT2D eigenvalue weighted by Gasteiger charge is 2.25. The number of rotatable bonds is 3. The largest absolute Gasteiger partial charge is 0.444 e. The Morgan fingerprint density at radius 2 is 2.05 bits per heavy atom. The van der Waals surface area contributed by atoms with Gasteiger partial charge in [0.1, 0.15) is 11.6 Å². The van der Waals surface area contributed by atoms with E-state index >= 15 is 0 Å². The van der Waals surface area contributed by atoms with Crippen LogP contribution in [-0.4, -0.2) is 21.8 Å². The molecule has 2 rings (SSSR count). The molecular formula is C14H16N3O3. The molecule has 2 aromatic rings. The number of hydrogen-bond donors (Lipinski definition) is 1. The quantitative estimate of drug-likeness (QED) is 0.930. The Labute approximate surface area is 117 Å². The number of hydrogen-bond acceptors (Lipinski definition) is 5. The van der Waals surface area contributed by atoms with Crippen molar-refractivity contribution in [3.05, 3.63) is 48.1 Å². The molecule has 0 bridgehead atoms. The first-order valence-corrected chi connectivity index (χ1v) is 6.20. The number of carbonyl (C=O) groups excluding carboxylic acids is 1. The lowest BCUT2D eigenvalue weighted by molar-refractivity contribution is 0.0504. The van der Waals surface area contributed by atoms with Crippen molar-refractivity contribution in [1.29, 1.82) is 0 Å². The summed E-state index contributed by atoms with van der Waals surface area (Å²) in [5, 5.41) is 6.16. The molecule has 1 unspecified atom stereocenters. The molecule has 1 N–H and O–H groups in total. The first kappa shape index (κ1) is 14.0. The maximum atomic E-state index is 11.9. The van der Waals surface area contributed by atoms with Crippen molar-refractivity contribution in [2.75, 3.05) is 0 Å². The van der Waals surface area contributed by atoms with Gasteiger partial charge in [0.25, 0.3) is 5.89 Å². The molecule has 6 nitrogen and oxygen atoms in total. The van der Waals surface area contributed by atoms with E-state index in [1.165, 1.54) is 0 Å². The van der Waals surface area contributed by atoms with Crippen LogP contribution in [-0.2, 0) is 4.74 Å². The van der Waals surface area contributed by atoms with Crippen molar-refractivity contribution < 1.29 is 14.1 Å². The zero-order chi connectivity index (χ0) is 14.6. The van der Waals surface area contributed by atoms with Gasteiger partial charge in [-0.05, 0) is 26.3 Å². The van der Waals surface area contributed by atoms with E-state index in [9.17, 15) is 4.79 Å². The molecule has 0 spiro atoms. The molecule has 0 aliphatic rings. The lowest BCUT2D eigenvalue weighted by Crippen LogP contribution is -2.35. The predicted molar refractivity (Wildman–Crippen MR) is 70.8 cm³/mol. The van der Waals surface area contributed by atoms with Crippen LogP contribution < -0.4 is 5.32 Å². The van der Waals surface area contributed by atoms with E-state index in [2.05, 4.69) is 21.8 Å². The molecule has 1 aromatic carbocycles. The van der Waals surface area contributed by atoms with E-state index in [1.54, 1.807) is 20.8 Å². The summed E-state index contributed by atoms with van der Waals surface area (Å²) in [5.74, 6) is 0.252. The Morgan fingerprint density at radius 1 is 1.35 bits per heavy atom. The summed E-state index contributed by atoms with van der Waals surface area (Å²) in [6, 6.07) is 8.75. The summed E-state index contributed by atoms with van der Waals surface area (Å²) >= 11 is 0. The Kier molecular flexibility index (Phi) is 4.02. The third-order valence-electron chi connectivity index (χ3n) is 2.38. The third kappa shape index (κ3) is 3.81. The normalized spacial score (nSPS) is 12.8. The van der Waals surface area contributed by atoms with Gasteiger partial charge in [0.2, 0.25) is 6.33 Å². The number of carbonyl (C=O) groups is 1. The monoisotopic (exact) mass is 274 g/mol. The van der Waals surface area contributed by atoms with Crippen LogP contribution in [0, 0.1) is 6.33 Å². The fraction of sp³-hybridized carbons (Fsp3) is 0.357. The second kappa shape index (κ2) is 5.73. The minimum atomic E-state index is -0.577. The van der Waals surface area contributed by atoms with Gasteiger partial charge in [-0.25, -0.2) is 4.79 Å². The van der Waals surface area contributed by atoms with Crippen LogP contribution in [0.25, 0.3) is 0 Å². The Bertz CT molecular complexity index is 547. The Balaban J connectivity index is 2.19. The minimum absolute atomic E-state index is 0.252. The average Bonchev–Trinajstić information content (AvgIpc) is 2.88. The molecule has 20 heavy (non-hydrogen) atoms. The second-order valence-electron chi connectivity index (χ2n) is 5.22. The number of alkyl carbamates (subject to hydrolysis) is 1. The van der Waals surface area contributed by atoms with Gasteiger partial charge < -0.3 is 14.6 Å². The minimum Gasteiger partial charge on any atom is -0.444 e. The predicted octanol–water partition coefficient (Wildman–Crippen LogP) is 2.48. The van der Waals surface area contributed by atoms with E-state index in [0.29, 0.717) is 0 Å². The van der Waals surface area contributed by atoms with Gasteiger partial charge in [0, 0.05) is 0 Å². The molecule has 1 aromatic heterocycles. The van der Waals surface area contributed by atoms with Gasteiger partial charge in [-0.15, -0.1) is 0 Å². The van der Waals surface area contributed by atoms with Gasteiger partial charge >= 0.3 is 6.09 Å². The van der Waals surface area contributed by atoms with Crippen LogP contribution in [0.15, 0.2) is 34.9 Å². The van der Waals surface area contributed by atoms with Crippen molar-refractivity contribution in [2.24, 2.45) is 0 Å². The summed E-state index contributed by atoms with van der Waals surface area (Å²) in [6.07, 6.45) is 1.79. The molecule has 6 heteroatoms. The molecule has 0 aliphatic heterocycles. The topological polar surface area (TPSA) is 77.2 Å². The first-order valence-electron chi connectivity index (χ1n) is 6.20. The number of amides is 1. The van der Waals surface area contributed by atoms with Crippen molar-refractivity contribution in [3.8, 4) is 0 Å². The van der Waals surface area contributed by atoms with E-state index in [1.807, 2.05) is 30.3 Å². The fourth-order valence-electron chi connectivity index (χ4n) is 1.63. The number of aromatic nitrogens is 2. The highest BCUT2D eigenvalue weighted by molar-refractivity contribution is 5.68. The van der Waals surface area contributed by atoms with Crippen molar-refractivity contribution in [3.63, 3.8) is 0 Å². The Morgan fingerprint density at radius 3 is 2.60 bits per heavy atom. The van der Waals surface area contributed by atoms with Gasteiger partial charge in [-0.1, -0.05) is 35.5 Å². The number of nitrogens with one attached hydrogen (secondary N) is 1. The lowest BCUT2D eigenvalue weighted by Gasteiger charge is -2.22. The summed E-state index contributed by atoms with van der Waals surface area (Å²) in [4.78, 5) is 15.8. The fourth-order valence-corrected chi connectivity index (χ4v) is 1.63. The second-order valence-corrected chi connectivity index (χ2v) is 5.22. The highest BCUT2D eigenvalue weighted by atomic mass is 16.6. The molecule has 1 atom stereocenters. The van der Waals surface area contributed by atoms with Crippen molar-refractivity contribution in [1.82, 2.24) is 15.5 Å². The molecule has 0 fully saturated rings. The maximum absolute atomic E-state index is 11.9. The molecular weight excluding hydrogens is 258 g/mol. The molecule has 0 saturated heterocycles. The van der Waals surface area contributed by atoms with Crippen LogP contribution in [0.5, 0.6) is 0 Å². The zero-order valence-corrected chi connectivity index (χ0v) is 11.6. The van der Waals surface area contributed by atoms with Crippen LogP contribution in [0.4, 0.5) is 4.79 Å². The van der Waals surface area contributed by atoms with Crippen LogP contribution in [0.1, 0.15) is 38.3 Å². The third-order valence-corrected chi connectivity index (χ3v) is 2.38. The molecule has 105 valence electrons. The Hall–Kier alpha value is -2.37. The first-order chi connectivity index (χ1) is 9.46. The summed E-state index contributed by atoms with van der Waals surface area (Å²) < 4.78 is 10.2. The molecule has 1 amide bonds. The molecule has 0 aliphatic carbocycles. The average molecular weight is 274 g/mol. The van der Waals surface area contributed by atoms with Crippen LogP contribution >= 0.6 is 0 Å². The molecule has 1 radical (unpaired) electrons. The van der Waals surface area contributed by atoms with Gasteiger partial charge in [0.05, 0.1) is 0 Å². The summed E-state index contributed by atoms with van der Waals surface area (Å²) in [6.45, 7) is 5.39. The number of nitrogens with zero attached hydrogens (tertiary/aromatic N) is 2. The van der Waals surface area contributed by atoms with E-state index in [-0.39, 0.29) is 5.89 Å². The molecule has 0 saturated carbocycles. The number of ether oxygens (including phenoxy) is 1. The molecule has 1 heterocycles. The van der Waals surface area contributed by atoms with E-state index in [4.69, 9.17) is 9.26 Å². The van der Waals surface area contributed by atoms with Gasteiger partial charge in [0.15, 0.2) is 0 Å². The van der Waals surface area contributed by atoms with Crippen molar-refractivity contribution in [2.45, 2.75) is 32.4 Å². The van der Waals surface area contributed by atoms with Crippen LogP contribution in [0.3, 0.4) is 0 Å². The smallest absolute Gasteiger partial charge is 0.408 e. The maximum Gasteiger partial charge on any atom is 0.408 e. The van der Waals surface area contributed by atoms with Gasteiger partial charge in [-0.2, -0.15) is 4.98 Å². The zero-order valence-electron chi connectivity index (χ0n) is 11.6. The van der Waals surface area contributed by atoms with Crippen molar-refractivity contribution >= 4 is 6.09 Å². The summed E-state index contributed by atoms with van der Waals surface area (Å²) in [7, 11) is 0. The van der Waals surface area contributed by atoms with Crippen LogP contribution in [0.2, 0.25) is 0 Å². The highest BCUT2D eigenvalue weighted by Crippen LogP contribution is 2.20.